The Morgan fingerprint density at radius 2 is 2.28 bits per heavy atom. The van der Waals surface area contributed by atoms with Crippen molar-refractivity contribution < 1.29 is 24.2 Å². The lowest BCUT2D eigenvalue weighted by Gasteiger charge is -2.34. The summed E-state index contributed by atoms with van der Waals surface area (Å²) < 4.78 is 11.0. The molecule has 1 aliphatic carbocycles. The Labute approximate surface area is 170 Å². The standard InChI is InChI=1S/C20H30N4O5/c1-13(24(16-5-6-16)19(25)17-12-21-8-9-29-17)15-10-14(18(28-2)23-11-15)4-3-7-22-20(26)27/h10-11,13,16-17,21-22H,3-9,12H2,1-2H3,(H,26,27). The largest absolute Gasteiger partial charge is 0.481 e. The van der Waals surface area contributed by atoms with Crippen molar-refractivity contribution in [2.45, 2.75) is 50.8 Å². The Hall–Kier alpha value is -2.39. The molecule has 1 saturated heterocycles. The number of carbonyl (C=O) groups excluding carboxylic acids is 1. The topological polar surface area (TPSA) is 113 Å². The number of aryl methyl sites for hydroxylation is 1. The first-order chi connectivity index (χ1) is 14.0. The minimum Gasteiger partial charge on any atom is -0.481 e. The van der Waals surface area contributed by atoms with E-state index < -0.39 is 12.2 Å². The average molecular weight is 406 g/mol. The van der Waals surface area contributed by atoms with Gasteiger partial charge >= 0.3 is 6.09 Å². The Morgan fingerprint density at radius 3 is 2.90 bits per heavy atom. The molecule has 9 nitrogen and oxygen atoms in total. The minimum absolute atomic E-state index is 0.0234. The number of carbonyl (C=O) groups is 2. The minimum atomic E-state index is -1.03. The van der Waals surface area contributed by atoms with Gasteiger partial charge in [0, 0.05) is 37.4 Å². The van der Waals surface area contributed by atoms with E-state index in [1.54, 1.807) is 13.3 Å². The maximum atomic E-state index is 13.1. The van der Waals surface area contributed by atoms with Crippen molar-refractivity contribution in [1.82, 2.24) is 20.5 Å². The van der Waals surface area contributed by atoms with E-state index in [1.165, 1.54) is 0 Å². The van der Waals surface area contributed by atoms with Gasteiger partial charge in [0.25, 0.3) is 5.91 Å². The summed E-state index contributed by atoms with van der Waals surface area (Å²) in [6.45, 7) is 4.23. The zero-order valence-corrected chi connectivity index (χ0v) is 17.0. The molecule has 3 rings (SSSR count). The number of rotatable bonds is 9. The van der Waals surface area contributed by atoms with Crippen LogP contribution in [0.5, 0.6) is 5.88 Å². The van der Waals surface area contributed by atoms with Crippen molar-refractivity contribution >= 4 is 12.0 Å². The Balaban J connectivity index is 1.73. The first kappa shape index (κ1) is 21.3. The van der Waals surface area contributed by atoms with E-state index in [9.17, 15) is 9.59 Å². The molecule has 2 atom stereocenters. The molecule has 9 heteroatoms. The van der Waals surface area contributed by atoms with Gasteiger partial charge in [0.2, 0.25) is 5.88 Å². The lowest BCUT2D eigenvalue weighted by Crippen LogP contribution is -2.50. The van der Waals surface area contributed by atoms with Gasteiger partial charge in [-0.25, -0.2) is 9.78 Å². The highest BCUT2D eigenvalue weighted by atomic mass is 16.5. The number of hydrogen-bond donors (Lipinski definition) is 3. The normalized spacial score (nSPS) is 20.0. The van der Waals surface area contributed by atoms with Crippen LogP contribution in [0.2, 0.25) is 0 Å². The van der Waals surface area contributed by atoms with E-state index in [-0.39, 0.29) is 18.0 Å². The molecule has 1 aromatic rings. The van der Waals surface area contributed by atoms with E-state index in [0.29, 0.717) is 38.4 Å². The van der Waals surface area contributed by atoms with E-state index in [2.05, 4.69) is 15.6 Å². The molecule has 3 N–H and O–H groups in total. The third-order valence-corrected chi connectivity index (χ3v) is 5.34. The highest BCUT2D eigenvalue weighted by Gasteiger charge is 2.40. The van der Waals surface area contributed by atoms with Gasteiger partial charge in [-0.15, -0.1) is 0 Å². The van der Waals surface area contributed by atoms with Crippen LogP contribution in [0.4, 0.5) is 4.79 Å². The van der Waals surface area contributed by atoms with Crippen molar-refractivity contribution in [3.63, 3.8) is 0 Å². The molecule has 0 aromatic carbocycles. The molecule has 0 radical (unpaired) electrons. The van der Waals surface area contributed by atoms with Crippen LogP contribution in [-0.2, 0) is 16.0 Å². The molecule has 1 saturated carbocycles. The molecule has 160 valence electrons. The fourth-order valence-electron chi connectivity index (χ4n) is 3.67. The molecule has 2 amide bonds. The second-order valence-electron chi connectivity index (χ2n) is 7.49. The van der Waals surface area contributed by atoms with E-state index >= 15 is 0 Å². The van der Waals surface area contributed by atoms with Crippen LogP contribution in [0, 0.1) is 0 Å². The summed E-state index contributed by atoms with van der Waals surface area (Å²) in [6, 6.07) is 2.13. The van der Waals surface area contributed by atoms with Crippen molar-refractivity contribution in [3.05, 3.63) is 23.4 Å². The Morgan fingerprint density at radius 1 is 1.48 bits per heavy atom. The van der Waals surface area contributed by atoms with Crippen molar-refractivity contribution in [2.75, 3.05) is 33.4 Å². The molecule has 0 spiro atoms. The molecule has 29 heavy (non-hydrogen) atoms. The smallest absolute Gasteiger partial charge is 0.404 e. The van der Waals surface area contributed by atoms with Crippen LogP contribution < -0.4 is 15.4 Å². The third kappa shape index (κ3) is 5.57. The molecular weight excluding hydrogens is 376 g/mol. The lowest BCUT2D eigenvalue weighted by molar-refractivity contribution is -0.148. The number of amides is 2. The molecule has 1 aromatic heterocycles. The van der Waals surface area contributed by atoms with Gasteiger partial charge in [0.1, 0.15) is 6.10 Å². The van der Waals surface area contributed by atoms with Crippen molar-refractivity contribution in [3.8, 4) is 5.88 Å². The van der Waals surface area contributed by atoms with Crippen LogP contribution in [0.1, 0.15) is 43.4 Å². The van der Waals surface area contributed by atoms with E-state index in [4.69, 9.17) is 14.6 Å². The quantitative estimate of drug-likeness (QED) is 0.530. The average Bonchev–Trinajstić information content (AvgIpc) is 3.56. The summed E-state index contributed by atoms with van der Waals surface area (Å²) >= 11 is 0. The summed E-state index contributed by atoms with van der Waals surface area (Å²) in [5.41, 5.74) is 1.85. The van der Waals surface area contributed by atoms with Gasteiger partial charge in [-0.05, 0) is 44.2 Å². The first-order valence-corrected chi connectivity index (χ1v) is 10.2. The number of carboxylic acid groups (broad SMARTS) is 1. The number of methoxy groups -OCH3 is 1. The lowest BCUT2D eigenvalue weighted by atomic mass is 10.0. The van der Waals surface area contributed by atoms with E-state index in [1.807, 2.05) is 17.9 Å². The van der Waals surface area contributed by atoms with Gasteiger partial charge in [-0.2, -0.15) is 0 Å². The number of ether oxygens (including phenoxy) is 2. The predicted molar refractivity (Wildman–Crippen MR) is 106 cm³/mol. The van der Waals surface area contributed by atoms with Gasteiger partial charge in [-0.3, -0.25) is 4.79 Å². The zero-order valence-electron chi connectivity index (χ0n) is 17.0. The highest BCUT2D eigenvalue weighted by molar-refractivity contribution is 5.82. The van der Waals surface area contributed by atoms with Crippen LogP contribution >= 0.6 is 0 Å². The van der Waals surface area contributed by atoms with Crippen LogP contribution in [-0.4, -0.2) is 72.5 Å². The summed E-state index contributed by atoms with van der Waals surface area (Å²) in [5, 5.41) is 14.3. The maximum absolute atomic E-state index is 13.1. The fourth-order valence-corrected chi connectivity index (χ4v) is 3.67. The second-order valence-corrected chi connectivity index (χ2v) is 7.49. The Bertz CT molecular complexity index is 719. The summed E-state index contributed by atoms with van der Waals surface area (Å²) in [7, 11) is 1.57. The maximum Gasteiger partial charge on any atom is 0.404 e. The number of nitrogens with one attached hydrogen (secondary N) is 2. The van der Waals surface area contributed by atoms with Crippen molar-refractivity contribution in [2.24, 2.45) is 0 Å². The predicted octanol–water partition coefficient (Wildman–Crippen LogP) is 1.33. The summed E-state index contributed by atoms with van der Waals surface area (Å²) in [6.07, 6.45) is 3.56. The van der Waals surface area contributed by atoms with Crippen LogP contribution in [0.15, 0.2) is 12.3 Å². The van der Waals surface area contributed by atoms with Gasteiger partial charge in [0.15, 0.2) is 0 Å². The Kier molecular flexibility index (Phi) is 7.27. The molecule has 2 aliphatic rings. The molecule has 2 heterocycles. The van der Waals surface area contributed by atoms with Crippen LogP contribution in [0.25, 0.3) is 0 Å². The highest BCUT2D eigenvalue weighted by Crippen LogP contribution is 2.36. The number of morpholine rings is 1. The fraction of sp³-hybridized carbons (Fsp3) is 0.650. The summed E-state index contributed by atoms with van der Waals surface area (Å²) in [5.74, 6) is 0.551. The molecular formula is C20H30N4O5. The summed E-state index contributed by atoms with van der Waals surface area (Å²) in [4.78, 5) is 30.1. The number of hydrogen-bond acceptors (Lipinski definition) is 6. The number of pyridine rings is 1. The van der Waals surface area contributed by atoms with E-state index in [0.717, 1.165) is 30.5 Å². The molecule has 1 aliphatic heterocycles. The SMILES string of the molecule is COc1ncc(C(C)N(C(=O)C2CNCCO2)C2CC2)cc1CCCNC(=O)O. The number of nitrogens with zero attached hydrogens (tertiary/aromatic N) is 2. The van der Waals surface area contributed by atoms with Gasteiger partial charge < -0.3 is 30.1 Å². The molecule has 2 fully saturated rings. The monoisotopic (exact) mass is 406 g/mol. The molecule has 2 unspecified atom stereocenters. The molecule has 0 bridgehead atoms. The number of aromatic nitrogens is 1. The first-order valence-electron chi connectivity index (χ1n) is 10.2. The zero-order chi connectivity index (χ0) is 20.8. The van der Waals surface area contributed by atoms with Crippen LogP contribution in [0.3, 0.4) is 0 Å². The second kappa shape index (κ2) is 9.89. The van der Waals surface area contributed by atoms with Crippen molar-refractivity contribution in [1.29, 1.82) is 0 Å². The third-order valence-electron chi connectivity index (χ3n) is 5.34. The van der Waals surface area contributed by atoms with Gasteiger partial charge in [-0.1, -0.05) is 0 Å². The van der Waals surface area contributed by atoms with Gasteiger partial charge in [0.05, 0.1) is 19.8 Å².